The maximum absolute atomic E-state index is 5.89. The van der Waals surface area contributed by atoms with Crippen molar-refractivity contribution in [3.05, 3.63) is 29.2 Å². The van der Waals surface area contributed by atoms with Crippen LogP contribution in [0.25, 0.3) is 0 Å². The van der Waals surface area contributed by atoms with Gasteiger partial charge in [0.2, 0.25) is 0 Å². The summed E-state index contributed by atoms with van der Waals surface area (Å²) < 4.78 is 0. The Morgan fingerprint density at radius 1 is 1.55 bits per heavy atom. The van der Waals surface area contributed by atoms with Crippen molar-refractivity contribution in [2.45, 2.75) is 19.3 Å². The molecule has 3 heteroatoms. The van der Waals surface area contributed by atoms with Gasteiger partial charge in [0.25, 0.3) is 0 Å². The zero-order valence-electron chi connectivity index (χ0n) is 6.21. The third-order valence-electron chi connectivity index (χ3n) is 2.02. The quantitative estimate of drug-likeness (QED) is 0.554. The van der Waals surface area contributed by atoms with E-state index in [4.69, 9.17) is 11.6 Å². The van der Waals surface area contributed by atoms with E-state index < -0.39 is 0 Å². The Kier molecular flexibility index (Phi) is 1.57. The summed E-state index contributed by atoms with van der Waals surface area (Å²) in [5.41, 5.74) is 2.12. The second-order valence-corrected chi connectivity index (χ2v) is 3.16. The molecule has 0 N–H and O–H groups in total. The molecule has 0 bridgehead atoms. The van der Waals surface area contributed by atoms with Gasteiger partial charge in [0.05, 0.1) is 5.69 Å². The molecule has 1 heterocycles. The Labute approximate surface area is 70.6 Å². The van der Waals surface area contributed by atoms with Gasteiger partial charge >= 0.3 is 0 Å². The highest BCUT2D eigenvalue weighted by atomic mass is 35.5. The second kappa shape index (κ2) is 2.45. The minimum absolute atomic E-state index is 0.485. The number of hydrogen-bond acceptors (Lipinski definition) is 2. The average Bonchev–Trinajstić information content (AvgIpc) is 2.34. The van der Waals surface area contributed by atoms with Gasteiger partial charge in [0, 0.05) is 12.0 Å². The van der Waals surface area contributed by atoms with E-state index in [2.05, 4.69) is 23.3 Å². The SMILES string of the molecule is C[C@@H]1C[CH]c2ncnc(Cl)c21. The fourth-order valence-corrected chi connectivity index (χ4v) is 1.74. The molecule has 11 heavy (non-hydrogen) atoms. The Morgan fingerprint density at radius 3 is 3.09 bits per heavy atom. The molecule has 0 aromatic carbocycles. The average molecular weight is 168 g/mol. The van der Waals surface area contributed by atoms with Gasteiger partial charge in [0.1, 0.15) is 11.5 Å². The molecule has 0 amide bonds. The molecule has 0 spiro atoms. The number of hydrogen-bond donors (Lipinski definition) is 0. The van der Waals surface area contributed by atoms with E-state index in [0.29, 0.717) is 11.1 Å². The van der Waals surface area contributed by atoms with Gasteiger partial charge < -0.3 is 0 Å². The van der Waals surface area contributed by atoms with Crippen molar-refractivity contribution in [1.82, 2.24) is 9.97 Å². The minimum atomic E-state index is 0.485. The van der Waals surface area contributed by atoms with Crippen molar-refractivity contribution in [3.63, 3.8) is 0 Å². The maximum Gasteiger partial charge on any atom is 0.136 e. The highest BCUT2D eigenvalue weighted by Crippen LogP contribution is 2.35. The summed E-state index contributed by atoms with van der Waals surface area (Å²) in [5.74, 6) is 0.485. The zero-order chi connectivity index (χ0) is 7.84. The molecular weight excluding hydrogens is 160 g/mol. The summed E-state index contributed by atoms with van der Waals surface area (Å²) >= 11 is 5.89. The number of fused-ring (bicyclic) bond motifs is 1. The van der Waals surface area contributed by atoms with Crippen LogP contribution in [0.15, 0.2) is 6.33 Å². The summed E-state index contributed by atoms with van der Waals surface area (Å²) in [6, 6.07) is 0. The van der Waals surface area contributed by atoms with Crippen LogP contribution in [0.1, 0.15) is 30.5 Å². The van der Waals surface area contributed by atoms with Crippen molar-refractivity contribution in [2.24, 2.45) is 0 Å². The molecule has 1 aromatic rings. The lowest BCUT2D eigenvalue weighted by atomic mass is 10.1. The smallest absolute Gasteiger partial charge is 0.136 e. The first-order valence-corrected chi connectivity index (χ1v) is 4.00. The van der Waals surface area contributed by atoms with Crippen LogP contribution in [-0.4, -0.2) is 9.97 Å². The summed E-state index contributed by atoms with van der Waals surface area (Å²) in [5, 5.41) is 0.608. The van der Waals surface area contributed by atoms with E-state index in [9.17, 15) is 0 Å². The van der Waals surface area contributed by atoms with Gasteiger partial charge in [-0.2, -0.15) is 0 Å². The van der Waals surface area contributed by atoms with Crippen molar-refractivity contribution >= 4 is 11.6 Å². The molecule has 2 rings (SSSR count). The molecule has 0 fully saturated rings. The zero-order valence-corrected chi connectivity index (χ0v) is 6.97. The molecule has 2 nitrogen and oxygen atoms in total. The molecule has 0 saturated carbocycles. The fraction of sp³-hybridized carbons (Fsp3) is 0.375. The number of halogens is 1. The van der Waals surface area contributed by atoms with Crippen LogP contribution in [0.5, 0.6) is 0 Å². The van der Waals surface area contributed by atoms with Crippen molar-refractivity contribution in [2.75, 3.05) is 0 Å². The fourth-order valence-electron chi connectivity index (χ4n) is 1.41. The molecule has 0 aliphatic heterocycles. The highest BCUT2D eigenvalue weighted by molar-refractivity contribution is 6.30. The first kappa shape index (κ1) is 7.04. The van der Waals surface area contributed by atoms with Gasteiger partial charge in [-0.1, -0.05) is 18.5 Å². The molecule has 57 valence electrons. The van der Waals surface area contributed by atoms with Crippen LogP contribution in [0, 0.1) is 6.42 Å². The molecule has 1 aliphatic carbocycles. The Hall–Kier alpha value is -0.630. The molecule has 1 atom stereocenters. The predicted octanol–water partition coefficient (Wildman–Crippen LogP) is 2.19. The molecule has 1 radical (unpaired) electrons. The van der Waals surface area contributed by atoms with Gasteiger partial charge in [-0.05, 0) is 12.3 Å². The standard InChI is InChI=1S/C8H8ClN2/c1-5-2-3-6-7(5)8(9)11-4-10-6/h3-5H,2H2,1H3/t5-/m1/s1. The largest absolute Gasteiger partial charge is 0.241 e. The van der Waals surface area contributed by atoms with Crippen LogP contribution in [-0.2, 0) is 0 Å². The van der Waals surface area contributed by atoms with Gasteiger partial charge in [-0.15, -0.1) is 0 Å². The Morgan fingerprint density at radius 2 is 2.36 bits per heavy atom. The molecule has 1 aromatic heterocycles. The lowest BCUT2D eigenvalue weighted by molar-refractivity contribution is 0.800. The summed E-state index contributed by atoms with van der Waals surface area (Å²) in [6.07, 6.45) is 4.65. The monoisotopic (exact) mass is 167 g/mol. The van der Waals surface area contributed by atoms with E-state index in [1.165, 1.54) is 6.33 Å². The number of aromatic nitrogens is 2. The summed E-state index contributed by atoms with van der Waals surface area (Å²) in [6.45, 7) is 2.14. The van der Waals surface area contributed by atoms with Crippen LogP contribution in [0.2, 0.25) is 5.15 Å². The van der Waals surface area contributed by atoms with Crippen LogP contribution >= 0.6 is 11.6 Å². The summed E-state index contributed by atoms with van der Waals surface area (Å²) in [4.78, 5) is 8.05. The second-order valence-electron chi connectivity index (χ2n) is 2.80. The van der Waals surface area contributed by atoms with Crippen molar-refractivity contribution in [1.29, 1.82) is 0 Å². The van der Waals surface area contributed by atoms with E-state index >= 15 is 0 Å². The molecule has 0 saturated heterocycles. The van der Waals surface area contributed by atoms with Gasteiger partial charge in [-0.25, -0.2) is 9.97 Å². The highest BCUT2D eigenvalue weighted by Gasteiger charge is 2.22. The molecular formula is C8H8ClN2. The van der Waals surface area contributed by atoms with Crippen LogP contribution in [0.4, 0.5) is 0 Å². The number of rotatable bonds is 0. The van der Waals surface area contributed by atoms with Gasteiger partial charge in [0.15, 0.2) is 0 Å². The first-order chi connectivity index (χ1) is 5.29. The molecule has 1 aliphatic rings. The third-order valence-corrected chi connectivity index (χ3v) is 2.32. The predicted molar refractivity (Wildman–Crippen MR) is 43.5 cm³/mol. The Bertz CT molecular complexity index is 285. The minimum Gasteiger partial charge on any atom is -0.241 e. The lowest BCUT2D eigenvalue weighted by Gasteiger charge is -2.03. The van der Waals surface area contributed by atoms with Crippen LogP contribution in [0.3, 0.4) is 0 Å². The first-order valence-electron chi connectivity index (χ1n) is 3.62. The van der Waals surface area contributed by atoms with E-state index in [-0.39, 0.29) is 0 Å². The van der Waals surface area contributed by atoms with Gasteiger partial charge in [-0.3, -0.25) is 0 Å². The topological polar surface area (TPSA) is 25.8 Å². The van der Waals surface area contributed by atoms with Crippen molar-refractivity contribution < 1.29 is 0 Å². The van der Waals surface area contributed by atoms with E-state index in [0.717, 1.165) is 17.7 Å². The lowest BCUT2D eigenvalue weighted by Crippen LogP contribution is -1.92. The van der Waals surface area contributed by atoms with Crippen LogP contribution < -0.4 is 0 Å². The normalized spacial score (nSPS) is 21.8. The third kappa shape index (κ3) is 1.02. The van der Waals surface area contributed by atoms with E-state index in [1.54, 1.807) is 0 Å². The Balaban J connectivity index is 2.58. The number of nitrogens with zero attached hydrogens (tertiary/aromatic N) is 2. The maximum atomic E-state index is 5.89. The molecule has 0 unspecified atom stereocenters. The van der Waals surface area contributed by atoms with E-state index in [1.807, 2.05) is 0 Å². The van der Waals surface area contributed by atoms with Crippen molar-refractivity contribution in [3.8, 4) is 0 Å². The summed E-state index contributed by atoms with van der Waals surface area (Å²) in [7, 11) is 0.